The van der Waals surface area contributed by atoms with Crippen molar-refractivity contribution in [2.24, 2.45) is 5.10 Å². The molecule has 0 radical (unpaired) electrons. The lowest BCUT2D eigenvalue weighted by molar-refractivity contribution is -0.123. The van der Waals surface area contributed by atoms with Crippen LogP contribution in [0.2, 0.25) is 0 Å². The summed E-state index contributed by atoms with van der Waals surface area (Å²) in [6.45, 7) is 0.649. The molecule has 0 unspecified atom stereocenters. The molecule has 0 fully saturated rings. The molecule has 1 heterocycles. The maximum absolute atomic E-state index is 12.2. The molecule has 0 saturated carbocycles. The predicted molar refractivity (Wildman–Crippen MR) is 141 cm³/mol. The second-order valence-corrected chi connectivity index (χ2v) is 8.19. The molecule has 5 nitrogen and oxygen atoms in total. The second-order valence-electron chi connectivity index (χ2n) is 8.19. The van der Waals surface area contributed by atoms with E-state index in [-0.39, 0.29) is 12.5 Å². The molecule has 5 rings (SSSR count). The van der Waals surface area contributed by atoms with Crippen LogP contribution in [0.5, 0.6) is 5.75 Å². The monoisotopic (exact) mass is 459 g/mol. The smallest absolute Gasteiger partial charge is 0.277 e. The number of nitrogens with one attached hydrogen (secondary N) is 1. The van der Waals surface area contributed by atoms with Crippen LogP contribution in [0.4, 0.5) is 0 Å². The number of carbonyl (C=O) groups excluding carboxylic acids is 1. The third-order valence-corrected chi connectivity index (χ3v) is 5.74. The third-order valence-electron chi connectivity index (χ3n) is 5.74. The minimum absolute atomic E-state index is 0.113. The van der Waals surface area contributed by atoms with Crippen molar-refractivity contribution in [2.75, 3.05) is 6.61 Å². The first-order chi connectivity index (χ1) is 17.3. The zero-order valence-corrected chi connectivity index (χ0v) is 19.2. The molecule has 1 N–H and O–H groups in total. The normalized spacial score (nSPS) is 11.1. The van der Waals surface area contributed by atoms with E-state index in [9.17, 15) is 4.79 Å². The zero-order valence-electron chi connectivity index (χ0n) is 19.2. The van der Waals surface area contributed by atoms with Gasteiger partial charge in [0.25, 0.3) is 5.91 Å². The number of para-hydroxylation sites is 1. The standard InChI is InChI=1S/C30H25N3O2/c34-30(22-35-27-17-15-25(16-18-27)24-11-5-2-6-12-24)32-31-19-26-21-33(20-23-9-3-1-4-10-23)29-14-8-7-13-28(26)29/h1-19,21H,20,22H2,(H,32,34)/b31-19+. The molecule has 0 spiro atoms. The van der Waals surface area contributed by atoms with Gasteiger partial charge in [-0.25, -0.2) is 5.43 Å². The van der Waals surface area contributed by atoms with Crippen molar-refractivity contribution in [2.45, 2.75) is 6.54 Å². The summed E-state index contributed by atoms with van der Waals surface area (Å²) in [6, 6.07) is 36.3. The minimum Gasteiger partial charge on any atom is -0.484 e. The summed E-state index contributed by atoms with van der Waals surface area (Å²) in [4.78, 5) is 12.2. The van der Waals surface area contributed by atoms with E-state index in [0.29, 0.717) is 5.75 Å². The van der Waals surface area contributed by atoms with Crippen molar-refractivity contribution in [3.63, 3.8) is 0 Å². The van der Waals surface area contributed by atoms with Gasteiger partial charge in [-0.05, 0) is 34.9 Å². The fraction of sp³-hybridized carbons (Fsp3) is 0.0667. The molecule has 0 aliphatic rings. The number of aromatic nitrogens is 1. The van der Waals surface area contributed by atoms with Gasteiger partial charge in [0.05, 0.1) is 6.21 Å². The van der Waals surface area contributed by atoms with Crippen LogP contribution in [0, 0.1) is 0 Å². The Hall–Kier alpha value is -4.64. The molecule has 0 aliphatic heterocycles. The van der Waals surface area contributed by atoms with E-state index in [0.717, 1.165) is 34.1 Å². The van der Waals surface area contributed by atoms with Crippen molar-refractivity contribution in [1.29, 1.82) is 0 Å². The third kappa shape index (κ3) is 5.47. The first kappa shape index (κ1) is 22.2. The number of hydrazone groups is 1. The number of ether oxygens (including phenoxy) is 1. The molecular formula is C30H25N3O2. The van der Waals surface area contributed by atoms with Crippen LogP contribution in [0.3, 0.4) is 0 Å². The molecule has 0 bridgehead atoms. The first-order valence-electron chi connectivity index (χ1n) is 11.5. The van der Waals surface area contributed by atoms with Crippen molar-refractivity contribution in [3.8, 4) is 16.9 Å². The number of hydrogen-bond donors (Lipinski definition) is 1. The highest BCUT2D eigenvalue weighted by molar-refractivity contribution is 5.99. The molecule has 5 heteroatoms. The van der Waals surface area contributed by atoms with Crippen LogP contribution in [0.15, 0.2) is 120 Å². The highest BCUT2D eigenvalue weighted by atomic mass is 16.5. The maximum Gasteiger partial charge on any atom is 0.277 e. The Kier molecular flexibility index (Phi) is 6.67. The van der Waals surface area contributed by atoms with Gasteiger partial charge in [0.1, 0.15) is 5.75 Å². The van der Waals surface area contributed by atoms with E-state index in [1.807, 2.05) is 72.8 Å². The molecule has 172 valence electrons. The predicted octanol–water partition coefficient (Wildman–Crippen LogP) is 5.89. The number of amides is 1. The summed E-state index contributed by atoms with van der Waals surface area (Å²) < 4.78 is 7.80. The van der Waals surface area contributed by atoms with Crippen LogP contribution < -0.4 is 10.2 Å². The van der Waals surface area contributed by atoms with Crippen molar-refractivity contribution < 1.29 is 9.53 Å². The summed E-state index contributed by atoms with van der Waals surface area (Å²) in [5.41, 5.74) is 8.07. The summed E-state index contributed by atoms with van der Waals surface area (Å²) in [7, 11) is 0. The van der Waals surface area contributed by atoms with E-state index in [1.54, 1.807) is 6.21 Å². The van der Waals surface area contributed by atoms with Crippen LogP contribution in [0.25, 0.3) is 22.0 Å². The molecule has 0 saturated heterocycles. The van der Waals surface area contributed by atoms with E-state index in [4.69, 9.17) is 4.74 Å². The van der Waals surface area contributed by atoms with Crippen LogP contribution in [-0.2, 0) is 11.3 Å². The van der Waals surface area contributed by atoms with Gasteiger partial charge in [-0.15, -0.1) is 0 Å². The molecule has 5 aromatic rings. The fourth-order valence-electron chi connectivity index (χ4n) is 4.02. The SMILES string of the molecule is O=C(COc1ccc(-c2ccccc2)cc1)N/N=C/c1cn(Cc2ccccc2)c2ccccc12. The lowest BCUT2D eigenvalue weighted by Gasteiger charge is -2.06. The van der Waals surface area contributed by atoms with Gasteiger partial charge in [0.15, 0.2) is 6.61 Å². The van der Waals surface area contributed by atoms with Gasteiger partial charge in [0.2, 0.25) is 0 Å². The molecule has 1 amide bonds. The highest BCUT2D eigenvalue weighted by Gasteiger charge is 2.08. The van der Waals surface area contributed by atoms with Crippen LogP contribution >= 0.6 is 0 Å². The number of rotatable bonds is 8. The second kappa shape index (κ2) is 10.5. The molecule has 0 aliphatic carbocycles. The largest absolute Gasteiger partial charge is 0.484 e. The van der Waals surface area contributed by atoms with E-state index < -0.39 is 0 Å². The van der Waals surface area contributed by atoms with Gasteiger partial charge in [0, 0.05) is 29.2 Å². The molecule has 1 aromatic heterocycles. The molecule has 35 heavy (non-hydrogen) atoms. The van der Waals surface area contributed by atoms with Gasteiger partial charge >= 0.3 is 0 Å². The molecular weight excluding hydrogens is 434 g/mol. The molecule has 0 atom stereocenters. The number of fused-ring (bicyclic) bond motifs is 1. The van der Waals surface area contributed by atoms with Crippen molar-refractivity contribution >= 4 is 23.0 Å². The van der Waals surface area contributed by atoms with Crippen molar-refractivity contribution in [1.82, 2.24) is 9.99 Å². The maximum atomic E-state index is 12.2. The number of nitrogens with zero attached hydrogens (tertiary/aromatic N) is 2. The van der Waals surface area contributed by atoms with Crippen LogP contribution in [0.1, 0.15) is 11.1 Å². The summed E-state index contributed by atoms with van der Waals surface area (Å²) in [6.07, 6.45) is 3.73. The lowest BCUT2D eigenvalue weighted by atomic mass is 10.1. The minimum atomic E-state index is -0.318. The Morgan fingerprint density at radius 2 is 1.46 bits per heavy atom. The Labute approximate surface area is 204 Å². The number of carbonyl (C=O) groups is 1. The zero-order chi connectivity index (χ0) is 23.9. The Morgan fingerprint density at radius 1 is 0.800 bits per heavy atom. The highest BCUT2D eigenvalue weighted by Crippen LogP contribution is 2.22. The van der Waals surface area contributed by atoms with Crippen molar-refractivity contribution in [3.05, 3.63) is 127 Å². The topological polar surface area (TPSA) is 55.6 Å². The van der Waals surface area contributed by atoms with E-state index in [1.165, 1.54) is 5.56 Å². The first-order valence-corrected chi connectivity index (χ1v) is 11.5. The average molecular weight is 460 g/mol. The lowest BCUT2D eigenvalue weighted by Crippen LogP contribution is -2.24. The van der Waals surface area contributed by atoms with Crippen LogP contribution in [-0.4, -0.2) is 23.3 Å². The van der Waals surface area contributed by atoms with E-state index >= 15 is 0 Å². The van der Waals surface area contributed by atoms with E-state index in [2.05, 4.69) is 57.7 Å². The Bertz CT molecular complexity index is 1440. The summed E-state index contributed by atoms with van der Waals surface area (Å²) in [5.74, 6) is 0.314. The fourth-order valence-corrected chi connectivity index (χ4v) is 4.02. The van der Waals surface area contributed by atoms with Gasteiger partial charge in [-0.2, -0.15) is 5.10 Å². The average Bonchev–Trinajstić information content (AvgIpc) is 3.26. The van der Waals surface area contributed by atoms with Gasteiger partial charge < -0.3 is 9.30 Å². The number of benzene rings is 4. The Morgan fingerprint density at radius 3 is 2.23 bits per heavy atom. The molecule has 4 aromatic carbocycles. The number of hydrogen-bond acceptors (Lipinski definition) is 3. The Balaban J connectivity index is 1.19. The van der Waals surface area contributed by atoms with Gasteiger partial charge in [-0.1, -0.05) is 91.0 Å². The van der Waals surface area contributed by atoms with Gasteiger partial charge in [-0.3, -0.25) is 4.79 Å². The quantitative estimate of drug-likeness (QED) is 0.233. The summed E-state index contributed by atoms with van der Waals surface area (Å²) in [5, 5.41) is 5.24. The summed E-state index contributed by atoms with van der Waals surface area (Å²) >= 11 is 0.